The van der Waals surface area contributed by atoms with Crippen LogP contribution in [0.1, 0.15) is 31.7 Å². The van der Waals surface area contributed by atoms with Crippen molar-refractivity contribution in [3.05, 3.63) is 35.9 Å². The fourth-order valence-electron chi connectivity index (χ4n) is 2.44. The highest BCUT2D eigenvalue weighted by atomic mass is 16.5. The molecule has 0 saturated heterocycles. The van der Waals surface area contributed by atoms with Crippen LogP contribution in [0, 0.1) is 5.92 Å². The number of nitrogens with one attached hydrogen (secondary N) is 1. The summed E-state index contributed by atoms with van der Waals surface area (Å²) in [6.45, 7) is 2.30. The van der Waals surface area contributed by atoms with Gasteiger partial charge in [-0.25, -0.2) is 4.79 Å². The first-order valence-electron chi connectivity index (χ1n) is 6.80. The Morgan fingerprint density at radius 3 is 2.79 bits per heavy atom. The standard InChI is InChI=1S/C15H21NO3/c1-11-9-13(7-8-14(11)17)16-15(18)19-10-12-5-3-2-4-6-12/h2-6,11,13-14,17H,7-10H2,1H3,(H,16,18). The lowest BCUT2D eigenvalue weighted by Gasteiger charge is -2.31. The summed E-state index contributed by atoms with van der Waals surface area (Å²) in [5, 5.41) is 12.5. The van der Waals surface area contributed by atoms with E-state index in [2.05, 4.69) is 5.32 Å². The van der Waals surface area contributed by atoms with E-state index in [0.29, 0.717) is 0 Å². The van der Waals surface area contributed by atoms with E-state index in [0.717, 1.165) is 24.8 Å². The lowest BCUT2D eigenvalue weighted by atomic mass is 9.85. The molecule has 1 aromatic carbocycles. The Labute approximate surface area is 113 Å². The third-order valence-corrected chi connectivity index (χ3v) is 3.66. The first kappa shape index (κ1) is 13.9. The summed E-state index contributed by atoms with van der Waals surface area (Å²) in [6, 6.07) is 9.72. The molecule has 4 heteroatoms. The van der Waals surface area contributed by atoms with Gasteiger partial charge in [-0.15, -0.1) is 0 Å². The molecule has 1 fully saturated rings. The van der Waals surface area contributed by atoms with E-state index in [4.69, 9.17) is 4.74 Å². The zero-order valence-corrected chi connectivity index (χ0v) is 11.2. The van der Waals surface area contributed by atoms with Gasteiger partial charge in [0.1, 0.15) is 6.61 Å². The van der Waals surface area contributed by atoms with Crippen molar-refractivity contribution in [3.8, 4) is 0 Å². The van der Waals surface area contributed by atoms with E-state index in [9.17, 15) is 9.90 Å². The van der Waals surface area contributed by atoms with Gasteiger partial charge in [0.15, 0.2) is 0 Å². The number of amides is 1. The van der Waals surface area contributed by atoms with Gasteiger partial charge in [0.25, 0.3) is 0 Å². The molecule has 3 unspecified atom stereocenters. The van der Waals surface area contributed by atoms with Crippen molar-refractivity contribution in [1.29, 1.82) is 0 Å². The van der Waals surface area contributed by atoms with E-state index in [1.807, 2.05) is 37.3 Å². The number of carbonyl (C=O) groups excluding carboxylic acids is 1. The maximum Gasteiger partial charge on any atom is 0.407 e. The summed E-state index contributed by atoms with van der Waals surface area (Å²) in [5.74, 6) is 0.230. The van der Waals surface area contributed by atoms with Crippen molar-refractivity contribution in [2.75, 3.05) is 0 Å². The molecule has 1 aromatic rings. The fourth-order valence-corrected chi connectivity index (χ4v) is 2.44. The maximum atomic E-state index is 11.7. The summed E-state index contributed by atoms with van der Waals surface area (Å²) in [4.78, 5) is 11.7. The number of aliphatic hydroxyl groups is 1. The molecule has 0 aliphatic heterocycles. The Morgan fingerprint density at radius 2 is 2.11 bits per heavy atom. The third-order valence-electron chi connectivity index (χ3n) is 3.66. The molecule has 1 amide bonds. The minimum atomic E-state index is -0.377. The number of hydrogen-bond acceptors (Lipinski definition) is 3. The number of alkyl carbamates (subject to hydrolysis) is 1. The molecule has 1 saturated carbocycles. The summed E-state index contributed by atoms with van der Waals surface area (Å²) < 4.78 is 5.18. The molecule has 0 heterocycles. The van der Waals surface area contributed by atoms with Gasteiger partial charge in [0, 0.05) is 6.04 Å². The highest BCUT2D eigenvalue weighted by molar-refractivity contribution is 5.67. The highest BCUT2D eigenvalue weighted by Gasteiger charge is 2.27. The molecular formula is C15H21NO3. The van der Waals surface area contributed by atoms with Crippen LogP contribution in [0.5, 0.6) is 0 Å². The van der Waals surface area contributed by atoms with Crippen LogP contribution in [0.15, 0.2) is 30.3 Å². The Kier molecular flexibility index (Phi) is 4.80. The van der Waals surface area contributed by atoms with Crippen LogP contribution in [0.25, 0.3) is 0 Å². The minimum absolute atomic E-state index is 0.113. The largest absolute Gasteiger partial charge is 0.445 e. The average molecular weight is 263 g/mol. The molecule has 104 valence electrons. The van der Waals surface area contributed by atoms with Crippen LogP contribution in [0.2, 0.25) is 0 Å². The van der Waals surface area contributed by atoms with Crippen molar-refractivity contribution < 1.29 is 14.6 Å². The van der Waals surface area contributed by atoms with Crippen molar-refractivity contribution in [3.63, 3.8) is 0 Å². The molecule has 3 atom stereocenters. The van der Waals surface area contributed by atoms with Gasteiger partial charge in [-0.2, -0.15) is 0 Å². The number of hydrogen-bond donors (Lipinski definition) is 2. The molecular weight excluding hydrogens is 242 g/mol. The lowest BCUT2D eigenvalue weighted by Crippen LogP contribution is -2.41. The maximum absolute atomic E-state index is 11.7. The van der Waals surface area contributed by atoms with Crippen molar-refractivity contribution >= 4 is 6.09 Å². The van der Waals surface area contributed by atoms with Crippen molar-refractivity contribution in [1.82, 2.24) is 5.32 Å². The molecule has 2 N–H and O–H groups in total. The zero-order valence-electron chi connectivity index (χ0n) is 11.2. The van der Waals surface area contributed by atoms with Crippen LogP contribution in [-0.2, 0) is 11.3 Å². The number of rotatable bonds is 3. The van der Waals surface area contributed by atoms with Gasteiger partial charge in [0.2, 0.25) is 0 Å². The summed E-state index contributed by atoms with van der Waals surface area (Å²) in [6.07, 6.45) is 1.74. The van der Waals surface area contributed by atoms with Crippen LogP contribution in [0.3, 0.4) is 0 Å². The lowest BCUT2D eigenvalue weighted by molar-refractivity contribution is 0.0626. The number of ether oxygens (including phenoxy) is 1. The van der Waals surface area contributed by atoms with Gasteiger partial charge in [-0.3, -0.25) is 0 Å². The summed E-state index contributed by atoms with van der Waals surface area (Å²) in [5.41, 5.74) is 0.977. The smallest absolute Gasteiger partial charge is 0.407 e. The Hall–Kier alpha value is -1.55. The van der Waals surface area contributed by atoms with Gasteiger partial charge >= 0.3 is 6.09 Å². The monoisotopic (exact) mass is 263 g/mol. The van der Waals surface area contributed by atoms with Crippen molar-refractivity contribution in [2.24, 2.45) is 5.92 Å². The quantitative estimate of drug-likeness (QED) is 0.880. The number of benzene rings is 1. The van der Waals surface area contributed by atoms with Gasteiger partial charge in [0.05, 0.1) is 6.10 Å². The van der Waals surface area contributed by atoms with E-state index in [1.54, 1.807) is 0 Å². The fraction of sp³-hybridized carbons (Fsp3) is 0.533. The van der Waals surface area contributed by atoms with Crippen LogP contribution < -0.4 is 5.32 Å². The predicted molar refractivity (Wildman–Crippen MR) is 72.6 cm³/mol. The molecule has 0 bridgehead atoms. The summed E-state index contributed by atoms with van der Waals surface area (Å²) >= 11 is 0. The molecule has 0 spiro atoms. The van der Waals surface area contributed by atoms with E-state index in [-0.39, 0.29) is 30.8 Å². The molecule has 19 heavy (non-hydrogen) atoms. The van der Waals surface area contributed by atoms with Crippen LogP contribution >= 0.6 is 0 Å². The second kappa shape index (κ2) is 6.57. The number of carbonyl (C=O) groups is 1. The minimum Gasteiger partial charge on any atom is -0.445 e. The van der Waals surface area contributed by atoms with E-state index < -0.39 is 0 Å². The Bertz CT molecular complexity index is 407. The first-order chi connectivity index (χ1) is 9.15. The molecule has 1 aliphatic rings. The molecule has 0 radical (unpaired) electrons. The van der Waals surface area contributed by atoms with Gasteiger partial charge in [-0.1, -0.05) is 37.3 Å². The Morgan fingerprint density at radius 1 is 1.37 bits per heavy atom. The molecule has 4 nitrogen and oxygen atoms in total. The van der Waals surface area contributed by atoms with Crippen LogP contribution in [-0.4, -0.2) is 23.3 Å². The average Bonchev–Trinajstić information content (AvgIpc) is 2.42. The summed E-state index contributed by atoms with van der Waals surface area (Å²) in [7, 11) is 0. The SMILES string of the molecule is CC1CC(NC(=O)OCc2ccccc2)CCC1O. The second-order valence-electron chi connectivity index (χ2n) is 5.26. The topological polar surface area (TPSA) is 58.6 Å². The van der Waals surface area contributed by atoms with E-state index in [1.165, 1.54) is 0 Å². The predicted octanol–water partition coefficient (Wildman–Crippen LogP) is 2.46. The first-order valence-corrected chi connectivity index (χ1v) is 6.80. The van der Waals surface area contributed by atoms with Gasteiger partial charge < -0.3 is 15.2 Å². The molecule has 0 aromatic heterocycles. The van der Waals surface area contributed by atoms with E-state index >= 15 is 0 Å². The molecule has 1 aliphatic carbocycles. The van der Waals surface area contributed by atoms with Crippen LogP contribution in [0.4, 0.5) is 4.79 Å². The van der Waals surface area contributed by atoms with Gasteiger partial charge in [-0.05, 0) is 30.7 Å². The molecule has 2 rings (SSSR count). The second-order valence-corrected chi connectivity index (χ2v) is 5.26. The Balaban J connectivity index is 1.73. The van der Waals surface area contributed by atoms with Crippen molar-refractivity contribution in [2.45, 2.75) is 44.9 Å². The normalized spacial score (nSPS) is 26.7. The highest BCUT2D eigenvalue weighted by Crippen LogP contribution is 2.24. The zero-order chi connectivity index (χ0) is 13.7. The third kappa shape index (κ3) is 4.24. The number of aliphatic hydroxyl groups excluding tert-OH is 1.